The summed E-state index contributed by atoms with van der Waals surface area (Å²) in [5.41, 5.74) is 1.73. The molecule has 1 saturated carbocycles. The van der Waals surface area contributed by atoms with E-state index in [1.54, 1.807) is 23.7 Å². The Balaban J connectivity index is 1.53. The molecule has 0 saturated heterocycles. The zero-order chi connectivity index (χ0) is 17.9. The maximum absolute atomic E-state index is 12.6. The molecular weight excluding hydrogens is 346 g/mol. The van der Waals surface area contributed by atoms with Crippen LogP contribution in [0.1, 0.15) is 41.8 Å². The normalized spacial score (nSPS) is 15.1. The lowest BCUT2D eigenvalue weighted by molar-refractivity contribution is 0.0784. The van der Waals surface area contributed by atoms with Gasteiger partial charge in [0.1, 0.15) is 5.82 Å². The van der Waals surface area contributed by atoms with Gasteiger partial charge < -0.3 is 5.32 Å². The topological polar surface area (TPSA) is 72.7 Å². The van der Waals surface area contributed by atoms with E-state index in [1.165, 1.54) is 11.1 Å². The Morgan fingerprint density at radius 2 is 2.12 bits per heavy atom. The van der Waals surface area contributed by atoms with Crippen molar-refractivity contribution in [3.63, 3.8) is 0 Å². The predicted octanol–water partition coefficient (Wildman–Crippen LogP) is 4.67. The highest BCUT2D eigenvalue weighted by Gasteiger charge is 2.23. The van der Waals surface area contributed by atoms with Gasteiger partial charge >= 0.3 is 0 Å². The molecule has 0 amide bonds. The van der Waals surface area contributed by atoms with E-state index in [-0.39, 0.29) is 11.8 Å². The number of rotatable bonds is 4. The van der Waals surface area contributed by atoms with Crippen LogP contribution in [-0.2, 0) is 0 Å². The van der Waals surface area contributed by atoms with Gasteiger partial charge in [-0.05, 0) is 31.9 Å². The standard InChI is InChI=1S/C19H21N5OS/c1-13-17(23-19(26-13)22-16-9-5-6-10-20-16)15-11-21-24(12-15)18(25)14-7-3-2-4-8-14/h5-6,9-12,14H,2-4,7-8H2,1H3,(H,20,22,23). The van der Waals surface area contributed by atoms with Gasteiger partial charge in [-0.15, -0.1) is 11.3 Å². The molecule has 3 aromatic heterocycles. The van der Waals surface area contributed by atoms with Crippen molar-refractivity contribution in [2.24, 2.45) is 5.92 Å². The maximum atomic E-state index is 12.6. The molecule has 3 aromatic rings. The van der Waals surface area contributed by atoms with E-state index in [9.17, 15) is 4.79 Å². The number of hydrogen-bond donors (Lipinski definition) is 1. The number of carbonyl (C=O) groups excluding carboxylic acids is 1. The van der Waals surface area contributed by atoms with Gasteiger partial charge in [-0.2, -0.15) is 5.10 Å². The zero-order valence-corrected chi connectivity index (χ0v) is 15.5. The maximum Gasteiger partial charge on any atom is 0.249 e. The molecule has 0 aliphatic heterocycles. The first-order valence-corrected chi connectivity index (χ1v) is 9.77. The fourth-order valence-corrected chi connectivity index (χ4v) is 4.21. The smallest absolute Gasteiger partial charge is 0.249 e. The van der Waals surface area contributed by atoms with Crippen molar-refractivity contribution in [3.8, 4) is 11.3 Å². The van der Waals surface area contributed by atoms with E-state index in [4.69, 9.17) is 0 Å². The summed E-state index contributed by atoms with van der Waals surface area (Å²) in [5.74, 6) is 0.973. The second-order valence-corrected chi connectivity index (χ2v) is 7.81. The number of thiazole rings is 1. The molecule has 4 rings (SSSR count). The van der Waals surface area contributed by atoms with Gasteiger partial charge in [-0.25, -0.2) is 14.6 Å². The summed E-state index contributed by atoms with van der Waals surface area (Å²) in [6.07, 6.45) is 10.7. The molecule has 0 atom stereocenters. The van der Waals surface area contributed by atoms with Gasteiger partial charge in [0, 0.05) is 28.8 Å². The molecule has 6 nitrogen and oxygen atoms in total. The van der Waals surface area contributed by atoms with Gasteiger partial charge in [0.25, 0.3) is 0 Å². The van der Waals surface area contributed by atoms with Crippen LogP contribution >= 0.6 is 11.3 Å². The van der Waals surface area contributed by atoms with Gasteiger partial charge in [-0.3, -0.25) is 4.79 Å². The number of nitrogens with zero attached hydrogens (tertiary/aromatic N) is 4. The number of hydrogen-bond acceptors (Lipinski definition) is 6. The summed E-state index contributed by atoms with van der Waals surface area (Å²) >= 11 is 1.57. The third-order valence-electron chi connectivity index (χ3n) is 4.73. The van der Waals surface area contributed by atoms with Crippen molar-refractivity contribution in [2.75, 3.05) is 5.32 Å². The average Bonchev–Trinajstić information content (AvgIpc) is 3.29. The lowest BCUT2D eigenvalue weighted by Crippen LogP contribution is -2.24. The van der Waals surface area contributed by atoms with Crippen LogP contribution in [0.4, 0.5) is 10.9 Å². The molecule has 1 aliphatic rings. The van der Waals surface area contributed by atoms with Crippen LogP contribution in [-0.4, -0.2) is 25.7 Å². The Labute approximate surface area is 156 Å². The molecule has 0 unspecified atom stereocenters. The third kappa shape index (κ3) is 3.53. The molecule has 0 aromatic carbocycles. The van der Waals surface area contributed by atoms with Crippen molar-refractivity contribution >= 4 is 28.2 Å². The van der Waals surface area contributed by atoms with Crippen molar-refractivity contribution in [3.05, 3.63) is 41.7 Å². The highest BCUT2D eigenvalue weighted by atomic mass is 32.1. The number of pyridine rings is 1. The molecule has 7 heteroatoms. The Morgan fingerprint density at radius 3 is 2.88 bits per heavy atom. The highest BCUT2D eigenvalue weighted by molar-refractivity contribution is 7.16. The predicted molar refractivity (Wildman–Crippen MR) is 103 cm³/mol. The summed E-state index contributed by atoms with van der Waals surface area (Å²) in [6, 6.07) is 5.70. The van der Waals surface area contributed by atoms with Gasteiger partial charge in [0.05, 0.1) is 11.9 Å². The Hall–Kier alpha value is -2.54. The summed E-state index contributed by atoms with van der Waals surface area (Å²) in [5, 5.41) is 8.30. The zero-order valence-electron chi connectivity index (χ0n) is 14.7. The summed E-state index contributed by atoms with van der Waals surface area (Å²) in [7, 11) is 0. The fourth-order valence-electron chi connectivity index (χ4n) is 3.37. The fraction of sp³-hybridized carbons (Fsp3) is 0.368. The first-order valence-electron chi connectivity index (χ1n) is 8.95. The number of carbonyl (C=O) groups is 1. The minimum atomic E-state index is 0.106. The minimum Gasteiger partial charge on any atom is -0.316 e. The van der Waals surface area contributed by atoms with Crippen LogP contribution in [0.5, 0.6) is 0 Å². The molecule has 1 fully saturated rings. The molecule has 1 N–H and O–H groups in total. The second kappa shape index (κ2) is 7.37. The van der Waals surface area contributed by atoms with Crippen molar-refractivity contribution in [1.29, 1.82) is 0 Å². The SMILES string of the molecule is Cc1sc(Nc2ccccn2)nc1-c1cnn(C(=O)C2CCCCC2)c1. The molecular formula is C19H21N5OS. The summed E-state index contributed by atoms with van der Waals surface area (Å²) < 4.78 is 1.50. The van der Waals surface area contributed by atoms with Gasteiger partial charge in [-0.1, -0.05) is 25.3 Å². The van der Waals surface area contributed by atoms with Crippen LogP contribution in [0.15, 0.2) is 36.8 Å². The van der Waals surface area contributed by atoms with E-state index in [0.29, 0.717) is 0 Å². The van der Waals surface area contributed by atoms with Crippen LogP contribution < -0.4 is 5.32 Å². The Bertz CT molecular complexity index is 896. The third-order valence-corrected chi connectivity index (χ3v) is 5.62. The second-order valence-electron chi connectivity index (χ2n) is 6.61. The molecule has 26 heavy (non-hydrogen) atoms. The van der Waals surface area contributed by atoms with E-state index in [1.807, 2.05) is 31.3 Å². The van der Waals surface area contributed by atoms with Crippen LogP contribution in [0.2, 0.25) is 0 Å². The van der Waals surface area contributed by atoms with Crippen molar-refractivity contribution in [1.82, 2.24) is 19.7 Å². The molecule has 3 heterocycles. The van der Waals surface area contributed by atoms with Crippen LogP contribution in [0.25, 0.3) is 11.3 Å². The molecule has 0 radical (unpaired) electrons. The molecule has 1 aliphatic carbocycles. The largest absolute Gasteiger partial charge is 0.316 e. The van der Waals surface area contributed by atoms with E-state index < -0.39 is 0 Å². The quantitative estimate of drug-likeness (QED) is 0.725. The summed E-state index contributed by atoms with van der Waals surface area (Å²) in [6.45, 7) is 2.02. The minimum absolute atomic E-state index is 0.106. The highest BCUT2D eigenvalue weighted by Crippen LogP contribution is 2.32. The number of nitrogens with one attached hydrogen (secondary N) is 1. The van der Waals surface area contributed by atoms with Crippen molar-refractivity contribution < 1.29 is 4.79 Å². The average molecular weight is 367 g/mol. The first-order chi connectivity index (χ1) is 12.7. The number of aromatic nitrogens is 4. The van der Waals surface area contributed by atoms with E-state index in [0.717, 1.165) is 52.8 Å². The molecule has 134 valence electrons. The number of anilines is 2. The van der Waals surface area contributed by atoms with E-state index >= 15 is 0 Å². The monoisotopic (exact) mass is 367 g/mol. The first kappa shape index (κ1) is 16.9. The Morgan fingerprint density at radius 1 is 1.27 bits per heavy atom. The van der Waals surface area contributed by atoms with Crippen molar-refractivity contribution in [2.45, 2.75) is 39.0 Å². The van der Waals surface area contributed by atoms with Crippen LogP contribution in [0, 0.1) is 12.8 Å². The summed E-state index contributed by atoms with van der Waals surface area (Å²) in [4.78, 5) is 22.6. The Kier molecular flexibility index (Phi) is 4.79. The van der Waals surface area contributed by atoms with Gasteiger partial charge in [0.2, 0.25) is 5.91 Å². The van der Waals surface area contributed by atoms with Gasteiger partial charge in [0.15, 0.2) is 5.13 Å². The van der Waals surface area contributed by atoms with Crippen LogP contribution in [0.3, 0.4) is 0 Å². The van der Waals surface area contributed by atoms with E-state index in [2.05, 4.69) is 20.4 Å². The molecule has 0 spiro atoms. The number of aryl methyl sites for hydroxylation is 1. The molecule has 0 bridgehead atoms. The lowest BCUT2D eigenvalue weighted by atomic mass is 9.89. The lowest BCUT2D eigenvalue weighted by Gasteiger charge is -2.19.